The molecule has 0 bridgehead atoms. The van der Waals surface area contributed by atoms with E-state index in [0.29, 0.717) is 11.5 Å². The molecular weight excluding hydrogens is 234 g/mol. The zero-order chi connectivity index (χ0) is 11.8. The van der Waals surface area contributed by atoms with Crippen molar-refractivity contribution >= 4 is 27.3 Å². The Morgan fingerprint density at radius 1 is 1.24 bits per heavy atom. The molecule has 0 aliphatic carbocycles. The van der Waals surface area contributed by atoms with Crippen molar-refractivity contribution in [2.75, 3.05) is 0 Å². The Kier molecular flexibility index (Phi) is 2.30. The Bertz CT molecular complexity index is 663. The van der Waals surface area contributed by atoms with Crippen molar-refractivity contribution in [2.24, 2.45) is 0 Å². The number of thiazole rings is 1. The van der Waals surface area contributed by atoms with Crippen LogP contribution >= 0.6 is 11.3 Å². The van der Waals surface area contributed by atoms with Gasteiger partial charge in [-0.15, -0.1) is 11.3 Å². The molecule has 0 unspecified atom stereocenters. The number of aromatic nitrogens is 1. The molecule has 3 nitrogen and oxygen atoms in total. The number of fused-ring (bicyclic) bond motifs is 1. The quantitative estimate of drug-likeness (QED) is 0.643. The molecule has 0 saturated carbocycles. The van der Waals surface area contributed by atoms with Crippen LogP contribution in [0.4, 0.5) is 0 Å². The summed E-state index contributed by atoms with van der Waals surface area (Å²) < 4.78 is 6.57. The van der Waals surface area contributed by atoms with E-state index < -0.39 is 0 Å². The first-order chi connectivity index (χ1) is 8.24. The second-order valence-electron chi connectivity index (χ2n) is 3.71. The lowest BCUT2D eigenvalue weighted by Gasteiger charge is -1.88. The maximum atomic E-state index is 11.2. The minimum atomic E-state index is -0.0719. The van der Waals surface area contributed by atoms with Crippen molar-refractivity contribution in [2.45, 2.75) is 6.92 Å². The molecule has 0 N–H and O–H groups in total. The van der Waals surface area contributed by atoms with Crippen LogP contribution in [0.1, 0.15) is 17.5 Å². The van der Waals surface area contributed by atoms with Crippen LogP contribution in [-0.2, 0) is 0 Å². The molecule has 17 heavy (non-hydrogen) atoms. The van der Waals surface area contributed by atoms with E-state index in [0.717, 1.165) is 15.2 Å². The minimum absolute atomic E-state index is 0.0719. The van der Waals surface area contributed by atoms with Crippen molar-refractivity contribution < 1.29 is 9.21 Å². The third-order valence-electron chi connectivity index (χ3n) is 2.46. The monoisotopic (exact) mass is 243 g/mol. The van der Waals surface area contributed by atoms with Crippen molar-refractivity contribution in [3.8, 4) is 10.8 Å². The van der Waals surface area contributed by atoms with Crippen LogP contribution < -0.4 is 0 Å². The third-order valence-corrected chi connectivity index (χ3v) is 3.51. The summed E-state index contributed by atoms with van der Waals surface area (Å²) in [6.45, 7) is 1.49. The van der Waals surface area contributed by atoms with Gasteiger partial charge in [0.2, 0.25) is 0 Å². The summed E-state index contributed by atoms with van der Waals surface area (Å²) in [5.74, 6) is 0.952. The van der Waals surface area contributed by atoms with Gasteiger partial charge in [-0.25, -0.2) is 4.98 Å². The first-order valence-electron chi connectivity index (χ1n) is 5.21. The summed E-state index contributed by atoms with van der Waals surface area (Å²) in [7, 11) is 0. The summed E-state index contributed by atoms with van der Waals surface area (Å²) >= 11 is 1.56. The first kappa shape index (κ1) is 10.2. The molecule has 0 radical (unpaired) electrons. The first-order valence-corrected chi connectivity index (χ1v) is 6.02. The molecule has 84 valence electrons. The molecule has 3 rings (SSSR count). The molecule has 0 aliphatic rings. The molecule has 2 aromatic heterocycles. The van der Waals surface area contributed by atoms with Gasteiger partial charge >= 0.3 is 0 Å². The van der Waals surface area contributed by atoms with Crippen LogP contribution in [0.2, 0.25) is 0 Å². The fourth-order valence-corrected chi connectivity index (χ4v) is 2.55. The van der Waals surface area contributed by atoms with E-state index in [9.17, 15) is 4.79 Å². The lowest BCUT2D eigenvalue weighted by atomic mass is 10.3. The molecule has 1 aromatic carbocycles. The molecule has 0 fully saturated rings. The van der Waals surface area contributed by atoms with Gasteiger partial charge in [-0.2, -0.15) is 0 Å². The van der Waals surface area contributed by atoms with Gasteiger partial charge in [0.05, 0.1) is 10.2 Å². The maximum absolute atomic E-state index is 11.2. The number of hydrogen-bond donors (Lipinski definition) is 0. The Morgan fingerprint density at radius 2 is 2.06 bits per heavy atom. The fraction of sp³-hybridized carbons (Fsp3) is 0.0769. The van der Waals surface area contributed by atoms with E-state index >= 15 is 0 Å². The zero-order valence-electron chi connectivity index (χ0n) is 9.14. The number of nitrogens with zero attached hydrogens (tertiary/aromatic N) is 1. The number of Topliss-reactive ketones (excluding diaryl/α,β-unsaturated/α-hetero) is 1. The van der Waals surface area contributed by atoms with Gasteiger partial charge in [-0.3, -0.25) is 4.79 Å². The standard InChI is InChI=1S/C13H9NO2S/c1-8(15)10-6-7-11(16-10)13-14-9-4-2-3-5-12(9)17-13/h2-7H,1H3. The van der Waals surface area contributed by atoms with Gasteiger partial charge in [0.15, 0.2) is 22.3 Å². The number of carbonyl (C=O) groups is 1. The Labute approximate surface area is 102 Å². The van der Waals surface area contributed by atoms with Gasteiger partial charge in [0.1, 0.15) is 0 Å². The highest BCUT2D eigenvalue weighted by atomic mass is 32.1. The molecule has 2 heterocycles. The fourth-order valence-electron chi connectivity index (χ4n) is 1.62. The van der Waals surface area contributed by atoms with E-state index in [-0.39, 0.29) is 5.78 Å². The summed E-state index contributed by atoms with van der Waals surface area (Å²) in [5, 5.41) is 0.804. The highest BCUT2D eigenvalue weighted by Crippen LogP contribution is 2.31. The molecule has 0 spiro atoms. The number of carbonyl (C=O) groups excluding carboxylic acids is 1. The topological polar surface area (TPSA) is 43.1 Å². The van der Waals surface area contributed by atoms with Crippen LogP contribution in [0, 0.1) is 0 Å². The number of rotatable bonds is 2. The molecule has 3 aromatic rings. The number of para-hydroxylation sites is 1. The van der Waals surface area contributed by atoms with Crippen LogP contribution in [0.15, 0.2) is 40.8 Å². The van der Waals surface area contributed by atoms with E-state index in [1.54, 1.807) is 23.5 Å². The van der Waals surface area contributed by atoms with Crippen LogP contribution in [-0.4, -0.2) is 10.8 Å². The molecule has 0 saturated heterocycles. The van der Waals surface area contributed by atoms with Gasteiger partial charge < -0.3 is 4.42 Å². The second-order valence-corrected chi connectivity index (χ2v) is 4.74. The van der Waals surface area contributed by atoms with E-state index in [2.05, 4.69) is 4.98 Å². The number of furan rings is 1. The van der Waals surface area contributed by atoms with E-state index in [4.69, 9.17) is 4.42 Å². The van der Waals surface area contributed by atoms with Crippen LogP contribution in [0.25, 0.3) is 21.0 Å². The van der Waals surface area contributed by atoms with Crippen molar-refractivity contribution in [1.29, 1.82) is 0 Å². The van der Waals surface area contributed by atoms with Gasteiger partial charge in [0.25, 0.3) is 0 Å². The maximum Gasteiger partial charge on any atom is 0.194 e. The molecule has 4 heteroatoms. The average Bonchev–Trinajstić information content (AvgIpc) is 2.95. The van der Waals surface area contributed by atoms with Crippen molar-refractivity contribution in [1.82, 2.24) is 4.98 Å². The SMILES string of the molecule is CC(=O)c1ccc(-c2nc3ccccc3s2)o1. The van der Waals surface area contributed by atoms with Crippen molar-refractivity contribution in [3.63, 3.8) is 0 Å². The second kappa shape index (κ2) is 3.82. The highest BCUT2D eigenvalue weighted by molar-refractivity contribution is 7.21. The normalized spacial score (nSPS) is 10.9. The molecule has 0 amide bonds. The third kappa shape index (κ3) is 1.76. The van der Waals surface area contributed by atoms with E-state index in [1.807, 2.05) is 24.3 Å². The van der Waals surface area contributed by atoms with Gasteiger partial charge in [0, 0.05) is 6.92 Å². The summed E-state index contributed by atoms with van der Waals surface area (Å²) in [5.41, 5.74) is 0.952. The lowest BCUT2D eigenvalue weighted by molar-refractivity contribution is 0.0988. The molecular formula is C13H9NO2S. The van der Waals surface area contributed by atoms with Crippen molar-refractivity contribution in [3.05, 3.63) is 42.2 Å². The van der Waals surface area contributed by atoms with Gasteiger partial charge in [-0.1, -0.05) is 12.1 Å². The highest BCUT2D eigenvalue weighted by Gasteiger charge is 2.11. The lowest BCUT2D eigenvalue weighted by Crippen LogP contribution is -1.85. The number of ketones is 1. The predicted octanol–water partition coefficient (Wildman–Crippen LogP) is 3.76. The average molecular weight is 243 g/mol. The summed E-state index contributed by atoms with van der Waals surface area (Å²) in [4.78, 5) is 15.6. The minimum Gasteiger partial charge on any atom is -0.450 e. The van der Waals surface area contributed by atoms with Gasteiger partial charge in [-0.05, 0) is 24.3 Å². The Balaban J connectivity index is 2.10. The summed E-state index contributed by atoms with van der Waals surface area (Å²) in [6, 6.07) is 11.4. The largest absolute Gasteiger partial charge is 0.450 e. The molecule has 0 aliphatic heterocycles. The summed E-state index contributed by atoms with van der Waals surface area (Å²) in [6.07, 6.45) is 0. The van der Waals surface area contributed by atoms with E-state index in [1.165, 1.54) is 6.92 Å². The number of hydrogen-bond acceptors (Lipinski definition) is 4. The Hall–Kier alpha value is -1.94. The predicted molar refractivity (Wildman–Crippen MR) is 67.3 cm³/mol. The molecule has 0 atom stereocenters. The Morgan fingerprint density at radius 3 is 2.76 bits per heavy atom. The smallest absolute Gasteiger partial charge is 0.194 e. The number of benzene rings is 1. The van der Waals surface area contributed by atoms with Crippen LogP contribution in [0.5, 0.6) is 0 Å². The van der Waals surface area contributed by atoms with Crippen LogP contribution in [0.3, 0.4) is 0 Å². The zero-order valence-corrected chi connectivity index (χ0v) is 9.95.